The zero-order valence-electron chi connectivity index (χ0n) is 16.8. The number of nitrogens with zero attached hydrogens (tertiary/aromatic N) is 7. The van der Waals surface area contributed by atoms with Crippen molar-refractivity contribution in [3.8, 4) is 0 Å². The van der Waals surface area contributed by atoms with E-state index in [0.717, 1.165) is 56.5 Å². The number of piperidine rings is 1. The van der Waals surface area contributed by atoms with Crippen LogP contribution >= 0.6 is 0 Å². The molecule has 1 aliphatic carbocycles. The van der Waals surface area contributed by atoms with Crippen LogP contribution in [0.15, 0.2) is 21.9 Å². The van der Waals surface area contributed by atoms with Gasteiger partial charge in [-0.2, -0.15) is 15.2 Å². The summed E-state index contributed by atoms with van der Waals surface area (Å²) in [6.07, 6.45) is 6.49. The molecule has 3 aromatic heterocycles. The van der Waals surface area contributed by atoms with Crippen LogP contribution in [0.25, 0.3) is 11.0 Å². The molecule has 0 atom stereocenters. The SMILES string of the molecule is Cn1c(N2CCC(Cn3nc4c(cc3=O)CCC4)CC2)nc2c(cnn2C)c1=O. The normalized spacial score (nSPS) is 17.2. The molecule has 2 aliphatic rings. The van der Waals surface area contributed by atoms with E-state index in [1.54, 1.807) is 40.3 Å². The van der Waals surface area contributed by atoms with E-state index in [2.05, 4.69) is 15.1 Å². The Balaban J connectivity index is 1.33. The summed E-state index contributed by atoms with van der Waals surface area (Å²) >= 11 is 0. The van der Waals surface area contributed by atoms with Gasteiger partial charge < -0.3 is 4.90 Å². The van der Waals surface area contributed by atoms with Crippen LogP contribution in [0, 0.1) is 5.92 Å². The lowest BCUT2D eigenvalue weighted by molar-refractivity contribution is 0.331. The summed E-state index contributed by atoms with van der Waals surface area (Å²) in [4.78, 5) is 31.9. The topological polar surface area (TPSA) is 90.8 Å². The molecule has 0 N–H and O–H groups in total. The standard InChI is InChI=1S/C20H25N7O2/c1-24-19(29)15-11-21-25(2)18(15)22-20(24)26-8-6-13(7-9-26)12-27-17(28)10-14-4-3-5-16(14)23-27/h10-11,13H,3-9,12H2,1-2H3. The van der Waals surface area contributed by atoms with Crippen LogP contribution in [-0.4, -0.2) is 42.2 Å². The molecule has 152 valence electrons. The van der Waals surface area contributed by atoms with Crippen LogP contribution in [0.4, 0.5) is 5.95 Å². The van der Waals surface area contributed by atoms with Gasteiger partial charge in [0, 0.05) is 39.8 Å². The van der Waals surface area contributed by atoms with Crippen LogP contribution in [0.3, 0.4) is 0 Å². The minimum atomic E-state index is -0.0749. The Morgan fingerprint density at radius 3 is 2.72 bits per heavy atom. The van der Waals surface area contributed by atoms with E-state index in [1.165, 1.54) is 0 Å². The van der Waals surface area contributed by atoms with Crippen molar-refractivity contribution in [2.24, 2.45) is 20.0 Å². The van der Waals surface area contributed by atoms with Crippen molar-refractivity contribution in [1.29, 1.82) is 0 Å². The molecule has 0 bridgehead atoms. The van der Waals surface area contributed by atoms with Gasteiger partial charge in [-0.1, -0.05) is 0 Å². The van der Waals surface area contributed by atoms with Crippen LogP contribution in [0.2, 0.25) is 0 Å². The third-order valence-electron chi connectivity index (χ3n) is 6.30. The highest BCUT2D eigenvalue weighted by atomic mass is 16.1. The second-order valence-corrected chi connectivity index (χ2v) is 8.20. The maximum Gasteiger partial charge on any atom is 0.267 e. The molecule has 0 saturated carbocycles. The maximum atomic E-state index is 12.6. The Hall–Kier alpha value is -2.97. The van der Waals surface area contributed by atoms with E-state index in [-0.39, 0.29) is 11.1 Å². The first-order valence-corrected chi connectivity index (χ1v) is 10.2. The molecule has 0 spiro atoms. The van der Waals surface area contributed by atoms with Gasteiger partial charge in [0.15, 0.2) is 5.65 Å². The number of aryl methyl sites for hydroxylation is 3. The summed E-state index contributed by atoms with van der Waals surface area (Å²) in [6, 6.07) is 1.77. The molecule has 29 heavy (non-hydrogen) atoms. The zero-order valence-corrected chi connectivity index (χ0v) is 16.8. The quantitative estimate of drug-likeness (QED) is 0.646. The third-order valence-corrected chi connectivity index (χ3v) is 6.30. The van der Waals surface area contributed by atoms with Gasteiger partial charge in [-0.3, -0.25) is 18.8 Å². The Labute approximate surface area is 167 Å². The van der Waals surface area contributed by atoms with E-state index >= 15 is 0 Å². The van der Waals surface area contributed by atoms with Gasteiger partial charge >= 0.3 is 0 Å². The number of fused-ring (bicyclic) bond motifs is 2. The molecule has 3 aromatic rings. The molecule has 0 aromatic carbocycles. The molecule has 9 nitrogen and oxygen atoms in total. The zero-order chi connectivity index (χ0) is 20.1. The van der Waals surface area contributed by atoms with Gasteiger partial charge in [-0.25, -0.2) is 4.68 Å². The Morgan fingerprint density at radius 1 is 1.14 bits per heavy atom. The molecular weight excluding hydrogens is 370 g/mol. The highest BCUT2D eigenvalue weighted by Crippen LogP contribution is 2.24. The van der Waals surface area contributed by atoms with Crippen molar-refractivity contribution in [3.63, 3.8) is 0 Å². The molecule has 4 heterocycles. The lowest BCUT2D eigenvalue weighted by Crippen LogP contribution is -2.40. The Kier molecular flexibility index (Phi) is 4.25. The summed E-state index contributed by atoms with van der Waals surface area (Å²) < 4.78 is 4.90. The summed E-state index contributed by atoms with van der Waals surface area (Å²) in [5.41, 5.74) is 2.76. The molecular formula is C20H25N7O2. The summed E-state index contributed by atoms with van der Waals surface area (Å²) in [5.74, 6) is 1.07. The summed E-state index contributed by atoms with van der Waals surface area (Å²) in [5, 5.41) is 9.31. The van der Waals surface area contributed by atoms with Crippen molar-refractivity contribution in [1.82, 2.24) is 29.1 Å². The molecule has 1 fully saturated rings. The average molecular weight is 395 g/mol. The average Bonchev–Trinajstić information content (AvgIpc) is 3.32. The Morgan fingerprint density at radius 2 is 1.93 bits per heavy atom. The molecule has 0 amide bonds. The summed E-state index contributed by atoms with van der Waals surface area (Å²) in [6.45, 7) is 2.26. The molecule has 9 heteroatoms. The number of aromatic nitrogens is 6. The lowest BCUT2D eigenvalue weighted by Gasteiger charge is -2.33. The first-order chi connectivity index (χ1) is 14.0. The lowest BCUT2D eigenvalue weighted by atomic mass is 9.97. The molecule has 1 aliphatic heterocycles. The Bertz CT molecular complexity index is 1200. The fourth-order valence-corrected chi connectivity index (χ4v) is 4.57. The number of hydrogen-bond donors (Lipinski definition) is 0. The van der Waals surface area contributed by atoms with E-state index in [1.807, 2.05) is 0 Å². The van der Waals surface area contributed by atoms with Gasteiger partial charge in [-0.05, 0) is 43.6 Å². The largest absolute Gasteiger partial charge is 0.342 e. The predicted molar refractivity (Wildman–Crippen MR) is 109 cm³/mol. The second kappa shape index (κ2) is 6.82. The van der Waals surface area contributed by atoms with Crippen molar-refractivity contribution < 1.29 is 0 Å². The molecule has 5 rings (SSSR count). The molecule has 1 saturated heterocycles. The number of rotatable bonds is 3. The smallest absolute Gasteiger partial charge is 0.267 e. The first-order valence-electron chi connectivity index (χ1n) is 10.2. The fourth-order valence-electron chi connectivity index (χ4n) is 4.57. The van der Waals surface area contributed by atoms with E-state index in [4.69, 9.17) is 4.98 Å². The van der Waals surface area contributed by atoms with Crippen LogP contribution in [-0.2, 0) is 33.5 Å². The van der Waals surface area contributed by atoms with Gasteiger partial charge in [0.2, 0.25) is 5.95 Å². The second-order valence-electron chi connectivity index (χ2n) is 8.20. The van der Waals surface area contributed by atoms with Crippen LogP contribution in [0.5, 0.6) is 0 Å². The van der Waals surface area contributed by atoms with Crippen LogP contribution < -0.4 is 16.0 Å². The third kappa shape index (κ3) is 3.04. The van der Waals surface area contributed by atoms with Gasteiger partial charge in [0.05, 0.1) is 11.9 Å². The van der Waals surface area contributed by atoms with Crippen molar-refractivity contribution >= 4 is 17.0 Å². The fraction of sp³-hybridized carbons (Fsp3) is 0.550. The van der Waals surface area contributed by atoms with Crippen molar-refractivity contribution in [2.45, 2.75) is 38.6 Å². The monoisotopic (exact) mass is 395 g/mol. The number of anilines is 1. The summed E-state index contributed by atoms with van der Waals surface area (Å²) in [7, 11) is 3.56. The predicted octanol–water partition coefficient (Wildman–Crippen LogP) is 0.629. The van der Waals surface area contributed by atoms with Crippen molar-refractivity contribution in [2.75, 3.05) is 18.0 Å². The van der Waals surface area contributed by atoms with E-state index in [0.29, 0.717) is 29.4 Å². The highest BCUT2D eigenvalue weighted by molar-refractivity contribution is 5.74. The van der Waals surface area contributed by atoms with Crippen molar-refractivity contribution in [3.05, 3.63) is 44.2 Å². The van der Waals surface area contributed by atoms with Gasteiger partial charge in [-0.15, -0.1) is 0 Å². The molecule has 0 radical (unpaired) electrons. The van der Waals surface area contributed by atoms with Gasteiger partial charge in [0.1, 0.15) is 5.39 Å². The highest BCUT2D eigenvalue weighted by Gasteiger charge is 2.25. The maximum absolute atomic E-state index is 12.6. The van der Waals surface area contributed by atoms with E-state index < -0.39 is 0 Å². The first kappa shape index (κ1) is 18.1. The number of hydrogen-bond acceptors (Lipinski definition) is 6. The minimum Gasteiger partial charge on any atom is -0.342 e. The molecule has 0 unspecified atom stereocenters. The van der Waals surface area contributed by atoms with E-state index in [9.17, 15) is 9.59 Å². The van der Waals surface area contributed by atoms with Crippen LogP contribution in [0.1, 0.15) is 30.5 Å². The minimum absolute atomic E-state index is 0.0128. The van der Waals surface area contributed by atoms with Gasteiger partial charge in [0.25, 0.3) is 11.1 Å².